The lowest BCUT2D eigenvalue weighted by atomic mass is 9.95. The first-order valence-corrected chi connectivity index (χ1v) is 7.74. The molecule has 0 spiro atoms. The van der Waals surface area contributed by atoms with E-state index >= 15 is 0 Å². The van der Waals surface area contributed by atoms with Gasteiger partial charge in [-0.05, 0) is 19.1 Å². The molecule has 0 aromatic carbocycles. The van der Waals surface area contributed by atoms with E-state index in [9.17, 15) is 14.4 Å². The Bertz CT molecular complexity index is 361. The van der Waals surface area contributed by atoms with Crippen molar-refractivity contribution >= 4 is 29.7 Å². The lowest BCUT2D eigenvalue weighted by molar-refractivity contribution is -0.140. The molecule has 1 aliphatic rings. The van der Waals surface area contributed by atoms with Crippen molar-refractivity contribution in [3.05, 3.63) is 0 Å². The number of carboxylic acid groups (broad SMARTS) is 2. The number of rotatable bonds is 6. The summed E-state index contributed by atoms with van der Waals surface area (Å²) in [6.07, 6.45) is 5.95. The van der Waals surface area contributed by atoms with Gasteiger partial charge in [0.1, 0.15) is 13.1 Å². The van der Waals surface area contributed by atoms with Gasteiger partial charge in [-0.25, -0.2) is 4.79 Å². The summed E-state index contributed by atoms with van der Waals surface area (Å²) in [5.41, 5.74) is 0. The maximum atomic E-state index is 12.0. The zero-order valence-electron chi connectivity index (χ0n) is 11.4. The van der Waals surface area contributed by atoms with Crippen LogP contribution in [0, 0.1) is 0 Å². The van der Waals surface area contributed by atoms with Gasteiger partial charge in [0, 0.05) is 11.3 Å². The van der Waals surface area contributed by atoms with E-state index in [1.807, 2.05) is 6.26 Å². The summed E-state index contributed by atoms with van der Waals surface area (Å²) in [4.78, 5) is 34.2. The van der Waals surface area contributed by atoms with Crippen LogP contribution in [0.15, 0.2) is 0 Å². The molecule has 1 saturated carbocycles. The van der Waals surface area contributed by atoms with E-state index in [2.05, 4.69) is 5.32 Å². The fraction of sp³-hybridized carbons (Fsp3) is 0.750. The summed E-state index contributed by atoms with van der Waals surface area (Å²) in [7, 11) is 0. The Morgan fingerprint density at radius 1 is 1.15 bits per heavy atom. The van der Waals surface area contributed by atoms with Crippen LogP contribution in [0.4, 0.5) is 4.79 Å². The van der Waals surface area contributed by atoms with Crippen LogP contribution < -0.4 is 5.32 Å². The second kappa shape index (κ2) is 7.98. The maximum absolute atomic E-state index is 12.0. The van der Waals surface area contributed by atoms with E-state index in [-0.39, 0.29) is 6.04 Å². The van der Waals surface area contributed by atoms with Gasteiger partial charge in [0.25, 0.3) is 0 Å². The molecule has 0 heterocycles. The standard InChI is InChI=1S/C12H20N2O5S/c1-20-9-5-3-2-4-8(9)13-12(19)14(6-10(15)16)7-11(17)18/h8-9H,2-7H2,1H3,(H,13,19)(H,15,16)(H,17,18). The molecule has 0 bridgehead atoms. The number of amides is 2. The topological polar surface area (TPSA) is 107 Å². The smallest absolute Gasteiger partial charge is 0.323 e. The summed E-state index contributed by atoms with van der Waals surface area (Å²) in [6.45, 7) is -1.23. The minimum atomic E-state index is -1.23. The number of nitrogens with zero attached hydrogens (tertiary/aromatic N) is 1. The molecule has 2 atom stereocenters. The van der Waals surface area contributed by atoms with Crippen LogP contribution in [0.25, 0.3) is 0 Å². The van der Waals surface area contributed by atoms with Crippen LogP contribution in [-0.4, -0.2) is 63.7 Å². The zero-order valence-corrected chi connectivity index (χ0v) is 12.2. The Kier molecular flexibility index (Phi) is 6.63. The Labute approximate surface area is 121 Å². The number of aliphatic carboxylic acids is 2. The molecule has 0 aromatic rings. The van der Waals surface area contributed by atoms with Gasteiger partial charge in [-0.15, -0.1) is 0 Å². The highest BCUT2D eigenvalue weighted by molar-refractivity contribution is 7.99. The van der Waals surface area contributed by atoms with E-state index in [1.165, 1.54) is 0 Å². The average molecular weight is 304 g/mol. The van der Waals surface area contributed by atoms with E-state index in [0.717, 1.165) is 30.6 Å². The van der Waals surface area contributed by atoms with Crippen molar-refractivity contribution in [2.45, 2.75) is 37.0 Å². The fourth-order valence-corrected chi connectivity index (χ4v) is 3.26. The molecule has 20 heavy (non-hydrogen) atoms. The molecule has 8 heteroatoms. The highest BCUT2D eigenvalue weighted by atomic mass is 32.2. The van der Waals surface area contributed by atoms with Crippen molar-refractivity contribution in [1.82, 2.24) is 10.2 Å². The Balaban J connectivity index is 2.63. The van der Waals surface area contributed by atoms with Gasteiger partial charge in [-0.3, -0.25) is 9.59 Å². The zero-order chi connectivity index (χ0) is 15.1. The van der Waals surface area contributed by atoms with Crippen molar-refractivity contribution < 1.29 is 24.6 Å². The Morgan fingerprint density at radius 3 is 2.20 bits per heavy atom. The molecule has 1 rings (SSSR count). The van der Waals surface area contributed by atoms with E-state index < -0.39 is 31.1 Å². The van der Waals surface area contributed by atoms with Crippen LogP contribution in [0.5, 0.6) is 0 Å². The average Bonchev–Trinajstić information content (AvgIpc) is 2.37. The molecule has 0 radical (unpaired) electrons. The highest BCUT2D eigenvalue weighted by Crippen LogP contribution is 2.27. The monoisotopic (exact) mass is 304 g/mol. The Morgan fingerprint density at radius 2 is 1.70 bits per heavy atom. The van der Waals surface area contributed by atoms with Crippen LogP contribution in [0.3, 0.4) is 0 Å². The van der Waals surface area contributed by atoms with E-state index in [4.69, 9.17) is 10.2 Å². The van der Waals surface area contributed by atoms with Crippen molar-refractivity contribution in [2.24, 2.45) is 0 Å². The number of carbonyl (C=O) groups excluding carboxylic acids is 1. The maximum Gasteiger partial charge on any atom is 0.323 e. The third kappa shape index (κ3) is 5.28. The quantitative estimate of drug-likeness (QED) is 0.671. The van der Waals surface area contributed by atoms with Gasteiger partial charge in [-0.1, -0.05) is 12.8 Å². The summed E-state index contributed by atoms with van der Waals surface area (Å²) >= 11 is 1.67. The molecule has 2 unspecified atom stereocenters. The minimum absolute atomic E-state index is 0.0312. The number of carboxylic acids is 2. The minimum Gasteiger partial charge on any atom is -0.480 e. The molecular formula is C12H20N2O5S. The normalized spacial score (nSPS) is 22.1. The summed E-state index contributed by atoms with van der Waals surface area (Å²) in [6, 6.07) is -0.655. The second-order valence-corrected chi connectivity index (χ2v) is 5.84. The van der Waals surface area contributed by atoms with Crippen LogP contribution in [0.1, 0.15) is 25.7 Å². The first-order chi connectivity index (χ1) is 9.43. The van der Waals surface area contributed by atoms with Crippen molar-refractivity contribution in [3.63, 3.8) is 0 Å². The molecule has 0 saturated heterocycles. The summed E-state index contributed by atoms with van der Waals surface area (Å²) in [5.74, 6) is -2.46. The second-order valence-electron chi connectivity index (χ2n) is 4.76. The molecular weight excluding hydrogens is 284 g/mol. The van der Waals surface area contributed by atoms with Gasteiger partial charge in [0.2, 0.25) is 0 Å². The van der Waals surface area contributed by atoms with E-state index in [0.29, 0.717) is 5.25 Å². The van der Waals surface area contributed by atoms with Gasteiger partial charge >= 0.3 is 18.0 Å². The van der Waals surface area contributed by atoms with Gasteiger partial charge < -0.3 is 20.4 Å². The summed E-state index contributed by atoms with van der Waals surface area (Å²) < 4.78 is 0. The number of hydrogen-bond donors (Lipinski definition) is 3. The fourth-order valence-electron chi connectivity index (χ4n) is 2.32. The van der Waals surface area contributed by atoms with Crippen molar-refractivity contribution in [3.8, 4) is 0 Å². The van der Waals surface area contributed by atoms with Crippen LogP contribution in [0.2, 0.25) is 0 Å². The SMILES string of the molecule is CSC1CCCCC1NC(=O)N(CC(=O)O)CC(=O)O. The highest BCUT2D eigenvalue weighted by Gasteiger charge is 2.28. The predicted molar refractivity (Wildman–Crippen MR) is 74.9 cm³/mol. The number of hydrogen-bond acceptors (Lipinski definition) is 4. The number of thioether (sulfide) groups is 1. The first-order valence-electron chi connectivity index (χ1n) is 6.46. The van der Waals surface area contributed by atoms with Crippen molar-refractivity contribution in [1.29, 1.82) is 0 Å². The summed E-state index contributed by atoms with van der Waals surface area (Å²) in [5, 5.41) is 20.5. The lowest BCUT2D eigenvalue weighted by Gasteiger charge is -2.32. The van der Waals surface area contributed by atoms with Gasteiger partial charge in [0.05, 0.1) is 0 Å². The van der Waals surface area contributed by atoms with Crippen LogP contribution in [-0.2, 0) is 9.59 Å². The third-order valence-corrected chi connectivity index (χ3v) is 4.42. The van der Waals surface area contributed by atoms with E-state index in [1.54, 1.807) is 11.8 Å². The number of urea groups is 1. The molecule has 7 nitrogen and oxygen atoms in total. The number of nitrogens with one attached hydrogen (secondary N) is 1. The molecule has 0 aliphatic heterocycles. The lowest BCUT2D eigenvalue weighted by Crippen LogP contribution is -2.51. The van der Waals surface area contributed by atoms with Gasteiger partial charge in [0.15, 0.2) is 0 Å². The molecule has 0 aromatic heterocycles. The molecule has 1 aliphatic carbocycles. The van der Waals surface area contributed by atoms with Gasteiger partial charge in [-0.2, -0.15) is 11.8 Å². The molecule has 2 amide bonds. The molecule has 1 fully saturated rings. The molecule has 3 N–H and O–H groups in total. The van der Waals surface area contributed by atoms with Crippen LogP contribution >= 0.6 is 11.8 Å². The third-order valence-electron chi connectivity index (χ3n) is 3.25. The number of carbonyl (C=O) groups is 3. The van der Waals surface area contributed by atoms with Crippen molar-refractivity contribution in [2.75, 3.05) is 19.3 Å². The predicted octanol–water partition coefficient (Wildman–Crippen LogP) is 0.841. The Hall–Kier alpha value is -1.44. The first kappa shape index (κ1) is 16.6. The largest absolute Gasteiger partial charge is 0.480 e. The molecule has 114 valence electrons.